The highest BCUT2D eigenvalue weighted by atomic mass is 127. The third-order valence-electron chi connectivity index (χ3n) is 5.28. The van der Waals surface area contributed by atoms with Crippen LogP contribution in [0.2, 0.25) is 0 Å². The van der Waals surface area contributed by atoms with Crippen LogP contribution in [0.25, 0.3) is 0 Å². The first-order valence-corrected chi connectivity index (χ1v) is 10.8. The van der Waals surface area contributed by atoms with Crippen molar-refractivity contribution in [3.05, 3.63) is 23.8 Å². The van der Waals surface area contributed by atoms with E-state index in [4.69, 9.17) is 9.47 Å². The Morgan fingerprint density at radius 1 is 1.17 bits per heavy atom. The molecule has 0 radical (unpaired) electrons. The van der Waals surface area contributed by atoms with Gasteiger partial charge in [0.15, 0.2) is 5.96 Å². The number of aliphatic hydroxyl groups excluding tert-OH is 1. The Morgan fingerprint density at radius 3 is 2.33 bits per heavy atom. The summed E-state index contributed by atoms with van der Waals surface area (Å²) >= 11 is 0. The first-order valence-electron chi connectivity index (χ1n) is 10.8. The Hall–Kier alpha value is -1.26. The van der Waals surface area contributed by atoms with E-state index >= 15 is 0 Å². The fourth-order valence-corrected chi connectivity index (χ4v) is 3.50. The zero-order chi connectivity index (χ0) is 21.1. The molecule has 0 saturated carbocycles. The normalized spacial score (nSPS) is 16.5. The molecule has 1 fully saturated rings. The van der Waals surface area contributed by atoms with Crippen LogP contribution in [-0.2, 0) is 0 Å². The number of nitrogens with zero attached hydrogens (tertiary/aromatic N) is 2. The molecule has 1 atom stereocenters. The van der Waals surface area contributed by atoms with Crippen molar-refractivity contribution in [3.63, 3.8) is 0 Å². The van der Waals surface area contributed by atoms with Crippen LogP contribution < -0.4 is 20.1 Å². The molecule has 0 aliphatic carbocycles. The van der Waals surface area contributed by atoms with Crippen LogP contribution in [0.4, 0.5) is 0 Å². The Morgan fingerprint density at radius 2 is 1.80 bits per heavy atom. The summed E-state index contributed by atoms with van der Waals surface area (Å²) in [5.41, 5.74) is 0.727. The molecule has 0 amide bonds. The highest BCUT2D eigenvalue weighted by molar-refractivity contribution is 14.0. The molecule has 3 N–H and O–H groups in total. The first-order chi connectivity index (χ1) is 14.1. The summed E-state index contributed by atoms with van der Waals surface area (Å²) in [6.07, 6.45) is 4.02. The summed E-state index contributed by atoms with van der Waals surface area (Å²) in [7, 11) is 3.20. The Bertz CT molecular complexity index is 615. The van der Waals surface area contributed by atoms with Crippen LogP contribution in [0.1, 0.15) is 51.2 Å². The minimum Gasteiger partial charge on any atom is -0.497 e. The van der Waals surface area contributed by atoms with Gasteiger partial charge in [0.25, 0.3) is 0 Å². The molecule has 1 aromatic rings. The number of nitrogens with one attached hydrogen (secondary N) is 2. The number of methoxy groups -OCH3 is 2. The van der Waals surface area contributed by atoms with Gasteiger partial charge in [-0.05, 0) is 50.4 Å². The second kappa shape index (κ2) is 14.7. The minimum atomic E-state index is -0.731. The number of piperidine rings is 1. The average Bonchev–Trinajstić information content (AvgIpc) is 2.76. The number of unbranched alkanes of at least 4 members (excludes halogenated alkanes) is 1. The largest absolute Gasteiger partial charge is 0.497 e. The quantitative estimate of drug-likeness (QED) is 0.243. The number of guanidine groups is 1. The molecule has 1 unspecified atom stereocenters. The van der Waals surface area contributed by atoms with Gasteiger partial charge < -0.3 is 30.1 Å². The number of ether oxygens (including phenoxy) is 2. The molecular weight excluding hydrogens is 495 g/mol. The zero-order valence-corrected chi connectivity index (χ0v) is 21.1. The Labute approximate surface area is 198 Å². The molecule has 30 heavy (non-hydrogen) atoms. The molecule has 1 aliphatic rings. The highest BCUT2D eigenvalue weighted by Crippen LogP contribution is 2.26. The van der Waals surface area contributed by atoms with Crippen molar-refractivity contribution >= 4 is 29.9 Å². The predicted molar refractivity (Wildman–Crippen MR) is 133 cm³/mol. The van der Waals surface area contributed by atoms with E-state index in [-0.39, 0.29) is 30.5 Å². The van der Waals surface area contributed by atoms with Gasteiger partial charge in [-0.25, -0.2) is 0 Å². The molecule has 1 aromatic carbocycles. The lowest BCUT2D eigenvalue weighted by Crippen LogP contribution is -2.48. The highest BCUT2D eigenvalue weighted by Gasteiger charge is 2.19. The van der Waals surface area contributed by atoms with Gasteiger partial charge in [-0.2, -0.15) is 0 Å². The van der Waals surface area contributed by atoms with E-state index in [1.54, 1.807) is 20.3 Å². The number of aliphatic imine (C=N–C) groups is 1. The number of hydrogen-bond donors (Lipinski definition) is 3. The topological polar surface area (TPSA) is 78.4 Å². The van der Waals surface area contributed by atoms with Crippen LogP contribution in [-0.4, -0.2) is 69.0 Å². The van der Waals surface area contributed by atoms with Gasteiger partial charge in [0.2, 0.25) is 0 Å². The van der Waals surface area contributed by atoms with Gasteiger partial charge >= 0.3 is 0 Å². The maximum Gasteiger partial charge on any atom is 0.191 e. The van der Waals surface area contributed by atoms with Gasteiger partial charge in [-0.1, -0.05) is 13.3 Å². The van der Waals surface area contributed by atoms with Gasteiger partial charge in [-0.15, -0.1) is 24.0 Å². The van der Waals surface area contributed by atoms with Crippen LogP contribution in [0.15, 0.2) is 23.2 Å². The third kappa shape index (κ3) is 8.85. The van der Waals surface area contributed by atoms with Gasteiger partial charge in [0.1, 0.15) is 11.5 Å². The fourth-order valence-electron chi connectivity index (χ4n) is 3.50. The van der Waals surface area contributed by atoms with E-state index in [1.165, 1.54) is 19.4 Å². The second-order valence-electron chi connectivity index (χ2n) is 7.50. The number of benzene rings is 1. The summed E-state index contributed by atoms with van der Waals surface area (Å²) in [4.78, 5) is 7.16. The number of hydrogen-bond acceptors (Lipinski definition) is 5. The van der Waals surface area contributed by atoms with Crippen molar-refractivity contribution in [2.45, 2.75) is 51.7 Å². The van der Waals surface area contributed by atoms with Crippen LogP contribution in [0.5, 0.6) is 11.5 Å². The van der Waals surface area contributed by atoms with Crippen molar-refractivity contribution < 1.29 is 14.6 Å². The lowest BCUT2D eigenvalue weighted by atomic mass is 10.0. The monoisotopic (exact) mass is 534 g/mol. The number of rotatable bonds is 10. The first kappa shape index (κ1) is 26.8. The maximum absolute atomic E-state index is 10.6. The standard InChI is InChI=1S/C22H38N4O3.HI/c1-5-7-10-26-11-8-18(9-12-26)25-22(23-6-2)24-16-21(27)17-13-19(28-3)15-20(14-17)29-4;/h13-15,18,21,27H,5-12,16H2,1-4H3,(H2,23,24,25);1H. The van der Waals surface area contributed by atoms with Gasteiger partial charge in [0, 0.05) is 31.7 Å². The molecule has 7 nitrogen and oxygen atoms in total. The molecule has 172 valence electrons. The molecule has 0 aromatic heterocycles. The van der Waals surface area contributed by atoms with Crippen molar-refractivity contribution in [1.82, 2.24) is 15.5 Å². The van der Waals surface area contributed by atoms with Crippen LogP contribution in [0.3, 0.4) is 0 Å². The second-order valence-corrected chi connectivity index (χ2v) is 7.50. The number of halogens is 1. The minimum absolute atomic E-state index is 0. The maximum atomic E-state index is 10.6. The SMILES string of the molecule is CCCCN1CCC(NC(=NCC(O)c2cc(OC)cc(OC)c2)NCC)CC1.I. The van der Waals surface area contributed by atoms with Crippen molar-refractivity contribution in [2.24, 2.45) is 4.99 Å². The molecule has 2 rings (SSSR count). The van der Waals surface area contributed by atoms with E-state index in [2.05, 4.69) is 27.4 Å². The van der Waals surface area contributed by atoms with Gasteiger partial charge in [0.05, 0.1) is 26.9 Å². The third-order valence-corrected chi connectivity index (χ3v) is 5.28. The van der Waals surface area contributed by atoms with Crippen molar-refractivity contribution in [2.75, 3.05) is 46.9 Å². The summed E-state index contributed by atoms with van der Waals surface area (Å²) in [5, 5.41) is 17.4. The number of aliphatic hydroxyl groups is 1. The predicted octanol–water partition coefficient (Wildman–Crippen LogP) is 3.17. The summed E-state index contributed by atoms with van der Waals surface area (Å²) < 4.78 is 10.6. The molecule has 0 bridgehead atoms. The molecule has 1 saturated heterocycles. The molecular formula is C22H39IN4O3. The molecule has 1 heterocycles. The average molecular weight is 534 g/mol. The molecule has 8 heteroatoms. The van der Waals surface area contributed by atoms with Crippen molar-refractivity contribution in [3.8, 4) is 11.5 Å². The summed E-state index contributed by atoms with van der Waals surface area (Å²) in [6.45, 7) is 8.79. The van der Waals surface area contributed by atoms with E-state index in [0.29, 0.717) is 17.5 Å². The molecule has 1 aliphatic heterocycles. The van der Waals surface area contributed by atoms with Crippen LogP contribution in [0, 0.1) is 0 Å². The van der Waals surface area contributed by atoms with Crippen LogP contribution >= 0.6 is 24.0 Å². The van der Waals surface area contributed by atoms with Gasteiger partial charge in [-0.3, -0.25) is 4.99 Å². The van der Waals surface area contributed by atoms with Crippen molar-refractivity contribution in [1.29, 1.82) is 0 Å². The molecule has 0 spiro atoms. The summed E-state index contributed by atoms with van der Waals surface area (Å²) in [5.74, 6) is 2.07. The fraction of sp³-hybridized carbons (Fsp3) is 0.682. The van der Waals surface area contributed by atoms with E-state index in [0.717, 1.165) is 44.0 Å². The smallest absolute Gasteiger partial charge is 0.191 e. The Kier molecular flexibility index (Phi) is 13.1. The lowest BCUT2D eigenvalue weighted by Gasteiger charge is -2.33. The summed E-state index contributed by atoms with van der Waals surface area (Å²) in [6, 6.07) is 5.84. The number of likely N-dealkylation sites (tertiary alicyclic amines) is 1. The van der Waals surface area contributed by atoms with E-state index in [1.807, 2.05) is 19.1 Å². The van der Waals surface area contributed by atoms with E-state index < -0.39 is 6.10 Å². The van der Waals surface area contributed by atoms with E-state index in [9.17, 15) is 5.11 Å². The lowest BCUT2D eigenvalue weighted by molar-refractivity contribution is 0.185. The zero-order valence-electron chi connectivity index (χ0n) is 18.8. The Balaban J connectivity index is 0.00000450.